The SMILES string of the molecule is CCc1ccc(/C=C2\Oc3c(ccc(OCc4c(F)cccc4F)c3C)C2=O)cc1. The summed E-state index contributed by atoms with van der Waals surface area (Å²) in [7, 11) is 0. The number of ketones is 1. The van der Waals surface area contributed by atoms with Crippen molar-refractivity contribution in [2.75, 3.05) is 0 Å². The standard InChI is InChI=1S/C25H20F2O3/c1-3-16-7-9-17(10-8-16)13-23-24(28)18-11-12-22(15(2)25(18)30-23)29-14-19-20(26)5-4-6-21(19)27/h4-13H,3,14H2,1-2H3/b23-13-. The van der Waals surface area contributed by atoms with Crippen LogP contribution in [0.15, 0.2) is 60.4 Å². The van der Waals surface area contributed by atoms with Crippen molar-refractivity contribution in [3.05, 3.63) is 99.8 Å². The molecule has 1 aliphatic rings. The molecule has 0 radical (unpaired) electrons. The minimum absolute atomic E-state index is 0.148. The van der Waals surface area contributed by atoms with Gasteiger partial charge >= 0.3 is 0 Å². The van der Waals surface area contributed by atoms with Crippen LogP contribution in [0.3, 0.4) is 0 Å². The lowest BCUT2D eigenvalue weighted by molar-refractivity contribution is 0.101. The summed E-state index contributed by atoms with van der Waals surface area (Å²) < 4.78 is 39.1. The van der Waals surface area contributed by atoms with E-state index in [0.717, 1.165) is 12.0 Å². The van der Waals surface area contributed by atoms with Gasteiger partial charge in [0.1, 0.15) is 29.7 Å². The Morgan fingerprint density at radius 3 is 2.37 bits per heavy atom. The number of carbonyl (C=O) groups is 1. The number of Topliss-reactive ketones (excluding diaryl/α,β-unsaturated/α-hetero) is 1. The second-order valence-corrected chi connectivity index (χ2v) is 7.09. The van der Waals surface area contributed by atoms with Crippen LogP contribution in [0, 0.1) is 18.6 Å². The van der Waals surface area contributed by atoms with Crippen LogP contribution in [0.4, 0.5) is 8.78 Å². The van der Waals surface area contributed by atoms with Crippen molar-refractivity contribution in [3.8, 4) is 11.5 Å². The second kappa shape index (κ2) is 8.11. The molecule has 5 heteroatoms. The van der Waals surface area contributed by atoms with Crippen molar-refractivity contribution >= 4 is 11.9 Å². The van der Waals surface area contributed by atoms with E-state index >= 15 is 0 Å². The number of benzene rings is 3. The van der Waals surface area contributed by atoms with Gasteiger partial charge in [-0.1, -0.05) is 37.3 Å². The number of hydrogen-bond acceptors (Lipinski definition) is 3. The maximum Gasteiger partial charge on any atom is 0.231 e. The Morgan fingerprint density at radius 2 is 1.70 bits per heavy atom. The molecule has 4 rings (SSSR count). The highest BCUT2D eigenvalue weighted by atomic mass is 19.1. The van der Waals surface area contributed by atoms with Crippen molar-refractivity contribution < 1.29 is 23.0 Å². The van der Waals surface area contributed by atoms with E-state index < -0.39 is 11.6 Å². The van der Waals surface area contributed by atoms with Crippen LogP contribution in [0.1, 0.15) is 39.5 Å². The lowest BCUT2D eigenvalue weighted by atomic mass is 10.0. The van der Waals surface area contributed by atoms with Crippen LogP contribution in [-0.2, 0) is 13.0 Å². The Labute approximate surface area is 173 Å². The summed E-state index contributed by atoms with van der Waals surface area (Å²) in [4.78, 5) is 12.7. The summed E-state index contributed by atoms with van der Waals surface area (Å²) in [6.45, 7) is 3.56. The van der Waals surface area contributed by atoms with Gasteiger partial charge in [0.25, 0.3) is 0 Å². The zero-order valence-corrected chi connectivity index (χ0v) is 16.7. The molecule has 0 bridgehead atoms. The van der Waals surface area contributed by atoms with Gasteiger partial charge in [-0.05, 0) is 54.8 Å². The number of rotatable bonds is 5. The van der Waals surface area contributed by atoms with Crippen molar-refractivity contribution in [1.29, 1.82) is 0 Å². The average molecular weight is 406 g/mol. The quantitative estimate of drug-likeness (QED) is 0.485. The first kappa shape index (κ1) is 19.8. The van der Waals surface area contributed by atoms with Gasteiger partial charge in [-0.25, -0.2) is 8.78 Å². The molecule has 0 spiro atoms. The van der Waals surface area contributed by atoms with E-state index in [0.29, 0.717) is 22.6 Å². The highest BCUT2D eigenvalue weighted by molar-refractivity contribution is 6.14. The molecule has 30 heavy (non-hydrogen) atoms. The normalized spacial score (nSPS) is 14.0. The monoisotopic (exact) mass is 406 g/mol. The van der Waals surface area contributed by atoms with Gasteiger partial charge in [0, 0.05) is 5.56 Å². The predicted octanol–water partition coefficient (Wildman–Crippen LogP) is 6.03. The summed E-state index contributed by atoms with van der Waals surface area (Å²) in [5, 5.41) is 0. The molecule has 0 fully saturated rings. The molecule has 1 heterocycles. The summed E-state index contributed by atoms with van der Waals surface area (Å²) in [6.07, 6.45) is 2.65. The number of hydrogen-bond donors (Lipinski definition) is 0. The molecule has 1 aliphatic heterocycles. The number of allylic oxidation sites excluding steroid dienone is 1. The summed E-state index contributed by atoms with van der Waals surface area (Å²) in [5.41, 5.74) is 2.97. The van der Waals surface area contributed by atoms with E-state index in [1.807, 2.05) is 24.3 Å². The smallest absolute Gasteiger partial charge is 0.231 e. The Morgan fingerprint density at radius 1 is 1.00 bits per heavy atom. The van der Waals surface area contributed by atoms with Gasteiger partial charge in [0.15, 0.2) is 5.76 Å². The van der Waals surface area contributed by atoms with Crippen LogP contribution in [0.5, 0.6) is 11.5 Å². The Balaban J connectivity index is 1.57. The summed E-state index contributed by atoms with van der Waals surface area (Å²) >= 11 is 0. The zero-order chi connectivity index (χ0) is 21.3. The van der Waals surface area contributed by atoms with Gasteiger partial charge < -0.3 is 9.47 Å². The lowest BCUT2D eigenvalue weighted by Crippen LogP contribution is -2.03. The zero-order valence-electron chi connectivity index (χ0n) is 16.7. The van der Waals surface area contributed by atoms with E-state index in [4.69, 9.17) is 9.47 Å². The van der Waals surface area contributed by atoms with E-state index in [-0.39, 0.29) is 23.7 Å². The minimum Gasteiger partial charge on any atom is -0.488 e. The van der Waals surface area contributed by atoms with Crippen LogP contribution < -0.4 is 9.47 Å². The molecule has 3 aromatic rings. The highest BCUT2D eigenvalue weighted by Crippen LogP contribution is 2.39. The molecule has 0 atom stereocenters. The molecule has 0 amide bonds. The Bertz CT molecular complexity index is 1130. The number of aryl methyl sites for hydroxylation is 1. The Kier molecular flexibility index (Phi) is 5.36. The molecule has 0 N–H and O–H groups in total. The topological polar surface area (TPSA) is 35.5 Å². The predicted molar refractivity (Wildman–Crippen MR) is 111 cm³/mol. The van der Waals surface area contributed by atoms with E-state index in [1.54, 1.807) is 25.1 Å². The van der Waals surface area contributed by atoms with Gasteiger partial charge in [-0.3, -0.25) is 4.79 Å². The van der Waals surface area contributed by atoms with Crippen LogP contribution >= 0.6 is 0 Å². The molecule has 0 unspecified atom stereocenters. The fourth-order valence-corrected chi connectivity index (χ4v) is 3.35. The van der Waals surface area contributed by atoms with Gasteiger partial charge in [0.05, 0.1) is 11.1 Å². The van der Waals surface area contributed by atoms with Gasteiger partial charge in [-0.15, -0.1) is 0 Å². The van der Waals surface area contributed by atoms with E-state index in [1.165, 1.54) is 23.8 Å². The molecular weight excluding hydrogens is 386 g/mol. The van der Waals surface area contributed by atoms with Crippen molar-refractivity contribution in [1.82, 2.24) is 0 Å². The summed E-state index contributed by atoms with van der Waals surface area (Å²) in [5.74, 6) is -0.506. The molecular formula is C25H20F2O3. The maximum atomic E-state index is 13.8. The third kappa shape index (κ3) is 3.71. The third-order valence-corrected chi connectivity index (χ3v) is 5.16. The number of ether oxygens (including phenoxy) is 2. The first-order chi connectivity index (χ1) is 14.5. The van der Waals surface area contributed by atoms with Crippen LogP contribution in [0.25, 0.3) is 6.08 Å². The first-order valence-corrected chi connectivity index (χ1v) is 9.70. The molecule has 152 valence electrons. The molecule has 3 aromatic carbocycles. The van der Waals surface area contributed by atoms with Gasteiger partial charge in [0.2, 0.25) is 5.78 Å². The van der Waals surface area contributed by atoms with Crippen molar-refractivity contribution in [2.24, 2.45) is 0 Å². The van der Waals surface area contributed by atoms with Crippen molar-refractivity contribution in [2.45, 2.75) is 26.9 Å². The summed E-state index contributed by atoms with van der Waals surface area (Å²) in [6, 6.07) is 14.8. The van der Waals surface area contributed by atoms with Gasteiger partial charge in [-0.2, -0.15) is 0 Å². The largest absolute Gasteiger partial charge is 0.488 e. The molecule has 0 saturated heterocycles. The molecule has 0 aliphatic carbocycles. The Hall–Kier alpha value is -3.47. The number of halogens is 2. The van der Waals surface area contributed by atoms with Crippen LogP contribution in [-0.4, -0.2) is 5.78 Å². The fourth-order valence-electron chi connectivity index (χ4n) is 3.35. The van der Waals surface area contributed by atoms with Crippen LogP contribution in [0.2, 0.25) is 0 Å². The third-order valence-electron chi connectivity index (χ3n) is 5.16. The lowest BCUT2D eigenvalue weighted by Gasteiger charge is -2.12. The minimum atomic E-state index is -0.667. The fraction of sp³-hybridized carbons (Fsp3) is 0.160. The second-order valence-electron chi connectivity index (χ2n) is 7.09. The molecule has 0 aromatic heterocycles. The average Bonchev–Trinajstić information content (AvgIpc) is 3.06. The van der Waals surface area contributed by atoms with Crippen molar-refractivity contribution in [3.63, 3.8) is 0 Å². The molecule has 3 nitrogen and oxygen atoms in total. The van der Waals surface area contributed by atoms with E-state index in [9.17, 15) is 13.6 Å². The number of carbonyl (C=O) groups excluding carboxylic acids is 1. The first-order valence-electron chi connectivity index (χ1n) is 9.70. The highest BCUT2D eigenvalue weighted by Gasteiger charge is 2.30. The van der Waals surface area contributed by atoms with E-state index in [2.05, 4.69) is 6.92 Å². The molecule has 0 saturated carbocycles. The maximum absolute atomic E-state index is 13.8. The number of fused-ring (bicyclic) bond motifs is 1.